The summed E-state index contributed by atoms with van der Waals surface area (Å²) in [4.78, 5) is 27.5. The molecule has 1 N–H and O–H groups in total. The number of pyridine rings is 1. The molecule has 2 aromatic heterocycles. The lowest BCUT2D eigenvalue weighted by Gasteiger charge is -2.02. The monoisotopic (exact) mass is 325 g/mol. The van der Waals surface area contributed by atoms with Gasteiger partial charge in [0.1, 0.15) is 21.2 Å². The summed E-state index contributed by atoms with van der Waals surface area (Å²) in [5, 5.41) is 2.50. The molecule has 0 radical (unpaired) electrons. The highest BCUT2D eigenvalue weighted by Crippen LogP contribution is 2.13. The van der Waals surface area contributed by atoms with E-state index >= 15 is 0 Å². The lowest BCUT2D eigenvalue weighted by molar-refractivity contribution is -0.115. The Hall–Kier alpha value is -2.42. The maximum absolute atomic E-state index is 11.7. The van der Waals surface area contributed by atoms with Gasteiger partial charge in [0.25, 0.3) is 0 Å². The molecule has 0 atom stereocenters. The van der Waals surface area contributed by atoms with Crippen LogP contribution in [-0.4, -0.2) is 48.8 Å². The van der Waals surface area contributed by atoms with E-state index in [9.17, 15) is 18.0 Å². The average molecular weight is 325 g/mol. The Balaban J connectivity index is 2.20. The number of nitrogens with zero attached hydrogens (tertiary/aromatic N) is 2. The first kappa shape index (κ1) is 16.0. The van der Waals surface area contributed by atoms with Gasteiger partial charge in [-0.2, -0.15) is 0 Å². The Bertz CT molecular complexity index is 825. The van der Waals surface area contributed by atoms with Crippen LogP contribution in [0.15, 0.2) is 24.4 Å². The topological polar surface area (TPSA) is 107 Å². The zero-order valence-electron chi connectivity index (χ0n) is 12.1. The number of ether oxygens (including phenoxy) is 1. The van der Waals surface area contributed by atoms with Crippen molar-refractivity contribution in [2.75, 3.05) is 24.4 Å². The Morgan fingerprint density at radius 1 is 1.36 bits per heavy atom. The Morgan fingerprint density at radius 3 is 2.73 bits per heavy atom. The van der Waals surface area contributed by atoms with Gasteiger partial charge >= 0.3 is 5.97 Å². The number of fused-ring (bicyclic) bond motifs is 1. The predicted molar refractivity (Wildman–Crippen MR) is 79.5 cm³/mol. The molecule has 0 fully saturated rings. The molecule has 0 aliphatic rings. The maximum Gasteiger partial charge on any atom is 0.355 e. The number of sulfone groups is 1. The Morgan fingerprint density at radius 2 is 2.09 bits per heavy atom. The summed E-state index contributed by atoms with van der Waals surface area (Å²) < 4.78 is 28.2. The van der Waals surface area contributed by atoms with Crippen molar-refractivity contribution < 1.29 is 22.7 Å². The molecular formula is C13H15N3O5S. The third-order valence-corrected chi connectivity index (χ3v) is 3.80. The standard InChI is InChI=1S/C13H15N3O5S/c1-21-13(18)9-4-3-5-11-14-10(8-16(9)11)15-12(17)6-7-22(2,19)20/h3-5,8H,6-7H2,1-2H3,(H,15,17). The van der Waals surface area contributed by atoms with Gasteiger partial charge in [-0.05, 0) is 12.1 Å². The maximum atomic E-state index is 11.7. The van der Waals surface area contributed by atoms with Crippen molar-refractivity contribution in [1.29, 1.82) is 0 Å². The van der Waals surface area contributed by atoms with Crippen molar-refractivity contribution in [3.63, 3.8) is 0 Å². The average Bonchev–Trinajstić information content (AvgIpc) is 2.85. The second-order valence-electron chi connectivity index (χ2n) is 4.69. The van der Waals surface area contributed by atoms with E-state index < -0.39 is 21.7 Å². The zero-order chi connectivity index (χ0) is 16.3. The molecule has 1 amide bonds. The van der Waals surface area contributed by atoms with Crippen LogP contribution in [0.1, 0.15) is 16.9 Å². The van der Waals surface area contributed by atoms with Crippen molar-refractivity contribution in [2.45, 2.75) is 6.42 Å². The largest absolute Gasteiger partial charge is 0.464 e. The fourth-order valence-corrected chi connectivity index (χ4v) is 2.38. The van der Waals surface area contributed by atoms with E-state index in [1.807, 2.05) is 0 Å². The lowest BCUT2D eigenvalue weighted by atomic mass is 10.3. The van der Waals surface area contributed by atoms with Gasteiger partial charge in [0, 0.05) is 12.7 Å². The molecule has 0 bridgehead atoms. The van der Waals surface area contributed by atoms with Crippen LogP contribution >= 0.6 is 0 Å². The number of imidazole rings is 1. The van der Waals surface area contributed by atoms with Gasteiger partial charge in [-0.3, -0.25) is 9.20 Å². The van der Waals surface area contributed by atoms with Crippen molar-refractivity contribution in [2.24, 2.45) is 0 Å². The summed E-state index contributed by atoms with van der Waals surface area (Å²) in [7, 11) is -1.94. The smallest absolute Gasteiger partial charge is 0.355 e. The number of hydrogen-bond acceptors (Lipinski definition) is 6. The summed E-state index contributed by atoms with van der Waals surface area (Å²) in [5.41, 5.74) is 0.727. The fraction of sp³-hybridized carbons (Fsp3) is 0.308. The molecule has 0 aromatic carbocycles. The number of rotatable bonds is 5. The molecule has 8 nitrogen and oxygen atoms in total. The number of carbonyl (C=O) groups is 2. The van der Waals surface area contributed by atoms with Crippen LogP contribution in [0.3, 0.4) is 0 Å². The first-order valence-corrected chi connectivity index (χ1v) is 8.40. The quantitative estimate of drug-likeness (QED) is 0.802. The molecule has 9 heteroatoms. The minimum Gasteiger partial charge on any atom is -0.464 e. The van der Waals surface area contributed by atoms with Gasteiger partial charge in [-0.15, -0.1) is 0 Å². The van der Waals surface area contributed by atoms with E-state index in [4.69, 9.17) is 0 Å². The predicted octanol–water partition coefficient (Wildman–Crippen LogP) is 0.494. The SMILES string of the molecule is COC(=O)c1cccc2nc(NC(=O)CCS(C)(=O)=O)cn12. The normalized spacial score (nSPS) is 11.4. The van der Waals surface area contributed by atoms with Crippen LogP contribution in [-0.2, 0) is 19.4 Å². The number of nitrogens with one attached hydrogen (secondary N) is 1. The van der Waals surface area contributed by atoms with Gasteiger partial charge in [0.05, 0.1) is 19.1 Å². The third kappa shape index (κ3) is 3.82. The van der Waals surface area contributed by atoms with Gasteiger partial charge in [-0.1, -0.05) is 6.07 Å². The molecule has 0 spiro atoms. The van der Waals surface area contributed by atoms with Crippen LogP contribution in [0.5, 0.6) is 0 Å². The number of esters is 1. The number of hydrogen-bond donors (Lipinski definition) is 1. The van der Waals surface area contributed by atoms with Gasteiger partial charge in [0.15, 0.2) is 5.82 Å². The number of aromatic nitrogens is 2. The highest BCUT2D eigenvalue weighted by atomic mass is 32.2. The minimum absolute atomic E-state index is 0.156. The first-order chi connectivity index (χ1) is 10.3. The summed E-state index contributed by atoms with van der Waals surface area (Å²) >= 11 is 0. The third-order valence-electron chi connectivity index (χ3n) is 2.85. The fourth-order valence-electron chi connectivity index (χ4n) is 1.83. The van der Waals surface area contributed by atoms with Crippen LogP contribution < -0.4 is 5.32 Å². The van der Waals surface area contributed by atoms with E-state index in [-0.39, 0.29) is 23.7 Å². The second-order valence-corrected chi connectivity index (χ2v) is 6.94. The molecule has 0 aliphatic carbocycles. The molecule has 0 unspecified atom stereocenters. The molecule has 0 saturated heterocycles. The summed E-state index contributed by atoms with van der Waals surface area (Å²) in [6.45, 7) is 0. The van der Waals surface area contributed by atoms with Crippen molar-refractivity contribution in [3.8, 4) is 0 Å². The number of methoxy groups -OCH3 is 1. The Kier molecular flexibility index (Phi) is 4.45. The van der Waals surface area contributed by atoms with Crippen LogP contribution in [0.25, 0.3) is 5.65 Å². The number of amides is 1. The summed E-state index contributed by atoms with van der Waals surface area (Å²) in [6.07, 6.45) is 2.38. The summed E-state index contributed by atoms with van der Waals surface area (Å²) in [5.74, 6) is -0.999. The molecule has 2 heterocycles. The molecule has 118 valence electrons. The highest BCUT2D eigenvalue weighted by molar-refractivity contribution is 7.90. The molecule has 0 saturated carbocycles. The van der Waals surface area contributed by atoms with E-state index in [1.54, 1.807) is 18.2 Å². The van der Waals surface area contributed by atoms with Crippen LogP contribution in [0, 0.1) is 0 Å². The van der Waals surface area contributed by atoms with Gasteiger partial charge in [-0.25, -0.2) is 18.2 Å². The van der Waals surface area contributed by atoms with Gasteiger partial charge in [0.2, 0.25) is 5.91 Å². The van der Waals surface area contributed by atoms with Crippen molar-refractivity contribution in [3.05, 3.63) is 30.1 Å². The molecule has 0 aliphatic heterocycles. The zero-order valence-corrected chi connectivity index (χ0v) is 12.9. The lowest BCUT2D eigenvalue weighted by Crippen LogP contribution is -2.16. The molecular weight excluding hydrogens is 310 g/mol. The van der Waals surface area contributed by atoms with E-state index in [0.717, 1.165) is 6.26 Å². The molecule has 2 rings (SSSR count). The number of carbonyl (C=O) groups excluding carboxylic acids is 2. The highest BCUT2D eigenvalue weighted by Gasteiger charge is 2.14. The van der Waals surface area contributed by atoms with Crippen molar-refractivity contribution >= 4 is 33.2 Å². The Labute approximate surface area is 127 Å². The van der Waals surface area contributed by atoms with Crippen molar-refractivity contribution in [1.82, 2.24) is 9.38 Å². The molecule has 22 heavy (non-hydrogen) atoms. The van der Waals surface area contributed by atoms with E-state index in [2.05, 4.69) is 15.0 Å². The summed E-state index contributed by atoms with van der Waals surface area (Å²) in [6, 6.07) is 4.87. The second kappa shape index (κ2) is 6.14. The van der Waals surface area contributed by atoms with E-state index in [0.29, 0.717) is 5.65 Å². The van der Waals surface area contributed by atoms with Crippen LogP contribution in [0.2, 0.25) is 0 Å². The van der Waals surface area contributed by atoms with Crippen LogP contribution in [0.4, 0.5) is 5.82 Å². The molecule has 2 aromatic rings. The minimum atomic E-state index is -3.21. The van der Waals surface area contributed by atoms with Gasteiger partial charge < -0.3 is 10.1 Å². The first-order valence-electron chi connectivity index (χ1n) is 6.34. The number of anilines is 1. The van der Waals surface area contributed by atoms with E-state index in [1.165, 1.54) is 17.7 Å².